The van der Waals surface area contributed by atoms with Crippen LogP contribution < -0.4 is 11.1 Å². The van der Waals surface area contributed by atoms with E-state index in [9.17, 15) is 4.79 Å². The average Bonchev–Trinajstić information content (AvgIpc) is 2.82. The van der Waals surface area contributed by atoms with Crippen molar-refractivity contribution in [2.24, 2.45) is 5.73 Å². The van der Waals surface area contributed by atoms with Crippen LogP contribution in [0, 0.1) is 3.57 Å². The van der Waals surface area contributed by atoms with Gasteiger partial charge in [-0.2, -0.15) is 0 Å². The Kier molecular flexibility index (Phi) is 6.36. The van der Waals surface area contributed by atoms with Crippen molar-refractivity contribution in [2.45, 2.75) is 31.2 Å². The maximum Gasteiger partial charge on any atom is 0.251 e. The zero-order chi connectivity index (χ0) is 13.2. The number of hydrogen-bond donors (Lipinski definition) is 2. The number of amides is 1. The summed E-state index contributed by atoms with van der Waals surface area (Å²) in [7, 11) is 0. The highest BCUT2D eigenvalue weighted by Crippen LogP contribution is 2.29. The van der Waals surface area contributed by atoms with Crippen molar-refractivity contribution in [3.8, 4) is 0 Å². The van der Waals surface area contributed by atoms with Crippen LogP contribution in [0.2, 0.25) is 5.02 Å². The zero-order valence-electron chi connectivity index (χ0n) is 10.4. The Balaban J connectivity index is 0.00000180. The van der Waals surface area contributed by atoms with Crippen LogP contribution >= 0.6 is 46.6 Å². The number of halogens is 3. The number of carbonyl (C=O) groups excluding carboxylic acids is 1. The lowest BCUT2D eigenvalue weighted by Crippen LogP contribution is -2.51. The molecule has 1 saturated carbocycles. The SMILES string of the molecule is Cl.NCC1(NC(=O)c2ccc(Cl)c(I)c2)CCCC1. The number of nitrogens with one attached hydrogen (secondary N) is 1. The van der Waals surface area contributed by atoms with Gasteiger partial charge in [0.2, 0.25) is 0 Å². The van der Waals surface area contributed by atoms with Crippen molar-refractivity contribution in [3.63, 3.8) is 0 Å². The van der Waals surface area contributed by atoms with Gasteiger partial charge in [0.1, 0.15) is 0 Å². The monoisotopic (exact) mass is 414 g/mol. The smallest absolute Gasteiger partial charge is 0.251 e. The summed E-state index contributed by atoms with van der Waals surface area (Å²) in [5, 5.41) is 3.76. The second-order valence-electron chi connectivity index (χ2n) is 4.77. The van der Waals surface area contributed by atoms with E-state index in [0.29, 0.717) is 17.1 Å². The molecule has 0 bridgehead atoms. The quantitative estimate of drug-likeness (QED) is 0.745. The first kappa shape index (κ1) is 17.0. The van der Waals surface area contributed by atoms with Gasteiger partial charge < -0.3 is 11.1 Å². The van der Waals surface area contributed by atoms with E-state index < -0.39 is 0 Å². The summed E-state index contributed by atoms with van der Waals surface area (Å²) in [6.07, 6.45) is 4.21. The zero-order valence-corrected chi connectivity index (χ0v) is 14.1. The molecule has 0 aromatic heterocycles. The second kappa shape index (κ2) is 7.11. The summed E-state index contributed by atoms with van der Waals surface area (Å²) < 4.78 is 0.884. The van der Waals surface area contributed by atoms with E-state index in [1.54, 1.807) is 18.2 Å². The Labute approximate surface area is 138 Å². The maximum atomic E-state index is 12.2. The van der Waals surface area contributed by atoms with E-state index in [4.69, 9.17) is 17.3 Å². The molecule has 0 radical (unpaired) electrons. The first-order valence-corrected chi connectivity index (χ1v) is 7.50. The van der Waals surface area contributed by atoms with Gasteiger partial charge in [0, 0.05) is 15.7 Å². The van der Waals surface area contributed by atoms with E-state index in [0.717, 1.165) is 29.3 Å². The molecule has 1 aromatic carbocycles. The molecule has 2 rings (SSSR count). The van der Waals surface area contributed by atoms with Crippen LogP contribution in [-0.2, 0) is 0 Å². The normalized spacial score (nSPS) is 16.8. The summed E-state index contributed by atoms with van der Waals surface area (Å²) in [6.45, 7) is 0.503. The van der Waals surface area contributed by atoms with Crippen LogP contribution in [0.1, 0.15) is 36.0 Å². The predicted octanol–water partition coefficient (Wildman–Crippen LogP) is 3.37. The minimum Gasteiger partial charge on any atom is -0.345 e. The Bertz CT molecular complexity index is 462. The van der Waals surface area contributed by atoms with E-state index >= 15 is 0 Å². The molecule has 1 aliphatic carbocycles. The minimum absolute atomic E-state index is 0. The average molecular weight is 415 g/mol. The number of nitrogens with two attached hydrogens (primary N) is 1. The Hall–Kier alpha value is -0.0400. The van der Waals surface area contributed by atoms with Gasteiger partial charge in [-0.25, -0.2) is 0 Å². The molecule has 1 aliphatic rings. The highest BCUT2D eigenvalue weighted by Gasteiger charge is 2.34. The highest BCUT2D eigenvalue weighted by atomic mass is 127. The molecule has 3 N–H and O–H groups in total. The predicted molar refractivity (Wildman–Crippen MR) is 89.1 cm³/mol. The van der Waals surface area contributed by atoms with E-state index in [1.165, 1.54) is 0 Å². The summed E-state index contributed by atoms with van der Waals surface area (Å²) in [5.74, 6) is -0.0584. The fourth-order valence-corrected chi connectivity index (χ4v) is 3.02. The summed E-state index contributed by atoms with van der Waals surface area (Å²) in [5.41, 5.74) is 6.25. The summed E-state index contributed by atoms with van der Waals surface area (Å²) >= 11 is 8.08. The van der Waals surface area contributed by atoms with Crippen LogP contribution in [0.25, 0.3) is 0 Å². The number of benzene rings is 1. The first-order chi connectivity index (χ1) is 8.56. The Morgan fingerprint density at radius 1 is 1.42 bits per heavy atom. The van der Waals surface area contributed by atoms with E-state index in [2.05, 4.69) is 27.9 Å². The van der Waals surface area contributed by atoms with Crippen molar-refractivity contribution in [2.75, 3.05) is 6.54 Å². The number of hydrogen-bond acceptors (Lipinski definition) is 2. The van der Waals surface area contributed by atoms with Crippen LogP contribution in [0.4, 0.5) is 0 Å². The first-order valence-electron chi connectivity index (χ1n) is 6.04. The Morgan fingerprint density at radius 2 is 2.05 bits per heavy atom. The van der Waals surface area contributed by atoms with Crippen LogP contribution in [0.3, 0.4) is 0 Å². The van der Waals surface area contributed by atoms with Gasteiger partial charge in [0.05, 0.1) is 10.6 Å². The molecule has 0 atom stereocenters. The van der Waals surface area contributed by atoms with Gasteiger partial charge in [-0.05, 0) is 53.6 Å². The molecule has 19 heavy (non-hydrogen) atoms. The van der Waals surface area contributed by atoms with Gasteiger partial charge in [-0.1, -0.05) is 24.4 Å². The summed E-state index contributed by atoms with van der Waals surface area (Å²) in [6, 6.07) is 5.30. The molecular formula is C13H17Cl2IN2O. The van der Waals surface area contributed by atoms with E-state index in [-0.39, 0.29) is 23.9 Å². The number of carbonyl (C=O) groups is 1. The van der Waals surface area contributed by atoms with E-state index in [1.807, 2.05) is 0 Å². The van der Waals surface area contributed by atoms with Crippen LogP contribution in [-0.4, -0.2) is 18.0 Å². The van der Waals surface area contributed by atoms with Crippen LogP contribution in [0.15, 0.2) is 18.2 Å². The van der Waals surface area contributed by atoms with Crippen LogP contribution in [0.5, 0.6) is 0 Å². The van der Waals surface area contributed by atoms with Crippen molar-refractivity contribution in [1.82, 2.24) is 5.32 Å². The topological polar surface area (TPSA) is 55.1 Å². The molecule has 0 spiro atoms. The molecular weight excluding hydrogens is 398 g/mol. The minimum atomic E-state index is -0.206. The lowest BCUT2D eigenvalue weighted by atomic mass is 9.97. The molecule has 0 saturated heterocycles. The van der Waals surface area contributed by atoms with Crippen molar-refractivity contribution in [1.29, 1.82) is 0 Å². The second-order valence-corrected chi connectivity index (χ2v) is 6.34. The lowest BCUT2D eigenvalue weighted by Gasteiger charge is -2.28. The van der Waals surface area contributed by atoms with Gasteiger partial charge in [-0.15, -0.1) is 12.4 Å². The third-order valence-electron chi connectivity index (χ3n) is 3.51. The third kappa shape index (κ3) is 3.97. The molecule has 0 aliphatic heterocycles. The highest BCUT2D eigenvalue weighted by molar-refractivity contribution is 14.1. The van der Waals surface area contributed by atoms with Gasteiger partial charge >= 0.3 is 0 Å². The fraction of sp³-hybridized carbons (Fsp3) is 0.462. The maximum absolute atomic E-state index is 12.2. The molecule has 106 valence electrons. The Morgan fingerprint density at radius 3 is 2.58 bits per heavy atom. The molecule has 6 heteroatoms. The molecule has 1 amide bonds. The lowest BCUT2D eigenvalue weighted by molar-refractivity contribution is 0.0903. The van der Waals surface area contributed by atoms with Gasteiger partial charge in [0.25, 0.3) is 5.91 Å². The molecule has 1 aromatic rings. The van der Waals surface area contributed by atoms with Crippen molar-refractivity contribution in [3.05, 3.63) is 32.4 Å². The van der Waals surface area contributed by atoms with Gasteiger partial charge in [0.15, 0.2) is 0 Å². The third-order valence-corrected chi connectivity index (χ3v) is 5.05. The molecule has 1 fully saturated rings. The van der Waals surface area contributed by atoms with Crippen molar-refractivity contribution < 1.29 is 4.79 Å². The van der Waals surface area contributed by atoms with Gasteiger partial charge in [-0.3, -0.25) is 4.79 Å². The molecule has 0 heterocycles. The van der Waals surface area contributed by atoms with Crippen molar-refractivity contribution >= 4 is 52.5 Å². The fourth-order valence-electron chi connectivity index (χ4n) is 2.38. The number of rotatable bonds is 3. The largest absolute Gasteiger partial charge is 0.345 e. The molecule has 0 unspecified atom stereocenters. The summed E-state index contributed by atoms with van der Waals surface area (Å²) in [4.78, 5) is 12.2. The standard InChI is InChI=1S/C13H16ClIN2O.ClH/c14-10-4-3-9(7-11(10)15)12(18)17-13(8-16)5-1-2-6-13;/h3-4,7H,1-2,5-6,8,16H2,(H,17,18);1H. The molecule has 3 nitrogen and oxygen atoms in total.